The van der Waals surface area contributed by atoms with Gasteiger partial charge in [0.05, 0.1) is 23.7 Å². The number of aliphatic hydroxyl groups excluding tert-OH is 1. The summed E-state index contributed by atoms with van der Waals surface area (Å²) in [6, 6.07) is -0.562. The Morgan fingerprint density at radius 3 is 2.47 bits per heavy atom. The second kappa shape index (κ2) is 4.81. The Hall–Kier alpha value is -0.820. The zero-order valence-corrected chi connectivity index (χ0v) is 11.1. The quantitative estimate of drug-likeness (QED) is 0.699. The van der Waals surface area contributed by atoms with E-state index in [4.69, 9.17) is 4.74 Å². The van der Waals surface area contributed by atoms with Gasteiger partial charge < -0.3 is 15.2 Å². The van der Waals surface area contributed by atoms with Crippen molar-refractivity contribution in [1.82, 2.24) is 5.32 Å². The Bertz CT molecular complexity index is 384. The maximum Gasteiger partial charge on any atom is 0.407 e. The monoisotopic (exact) mass is 265 g/mol. The first kappa shape index (κ1) is 14.2. The highest BCUT2D eigenvalue weighted by molar-refractivity contribution is 7.91. The van der Waals surface area contributed by atoms with E-state index >= 15 is 0 Å². The van der Waals surface area contributed by atoms with Crippen molar-refractivity contribution >= 4 is 15.9 Å². The summed E-state index contributed by atoms with van der Waals surface area (Å²) in [6.07, 6.45) is -1.50. The predicted octanol–water partition coefficient (Wildman–Crippen LogP) is 0.0591. The molecule has 1 heterocycles. The second-order valence-corrected chi connectivity index (χ2v) is 7.45. The fourth-order valence-corrected chi connectivity index (χ4v) is 3.12. The molecule has 7 heteroatoms. The number of rotatable bonds is 1. The summed E-state index contributed by atoms with van der Waals surface area (Å²) in [4.78, 5) is 11.4. The third-order valence-corrected chi connectivity index (χ3v) is 4.04. The Labute approximate surface area is 101 Å². The molecule has 2 N–H and O–H groups in total. The van der Waals surface area contributed by atoms with Crippen molar-refractivity contribution in [2.75, 3.05) is 11.5 Å². The van der Waals surface area contributed by atoms with Crippen LogP contribution in [-0.2, 0) is 14.6 Å². The van der Waals surface area contributed by atoms with Gasteiger partial charge in [0.15, 0.2) is 9.84 Å². The maximum atomic E-state index is 11.4. The zero-order chi connectivity index (χ0) is 13.3. The van der Waals surface area contributed by atoms with E-state index in [-0.39, 0.29) is 17.9 Å². The van der Waals surface area contributed by atoms with Crippen molar-refractivity contribution < 1.29 is 23.1 Å². The number of carbonyl (C=O) groups excluding carboxylic acids is 1. The third-order valence-electron chi connectivity index (χ3n) is 2.33. The van der Waals surface area contributed by atoms with Crippen LogP contribution in [0.2, 0.25) is 0 Å². The van der Waals surface area contributed by atoms with E-state index in [0.717, 1.165) is 0 Å². The van der Waals surface area contributed by atoms with Gasteiger partial charge in [0.2, 0.25) is 0 Å². The van der Waals surface area contributed by atoms with Crippen molar-refractivity contribution in [3.05, 3.63) is 0 Å². The minimum absolute atomic E-state index is 0.0233. The zero-order valence-electron chi connectivity index (χ0n) is 10.3. The highest BCUT2D eigenvalue weighted by Crippen LogP contribution is 2.14. The number of sulfone groups is 1. The van der Waals surface area contributed by atoms with Gasteiger partial charge in [-0.2, -0.15) is 0 Å². The molecule has 1 aliphatic heterocycles. The molecule has 1 aliphatic rings. The molecular weight excluding hydrogens is 246 g/mol. The first-order chi connectivity index (χ1) is 7.59. The summed E-state index contributed by atoms with van der Waals surface area (Å²) in [6.45, 7) is 5.19. The highest BCUT2D eigenvalue weighted by Gasteiger charge is 2.33. The van der Waals surface area contributed by atoms with Crippen LogP contribution in [0.4, 0.5) is 4.79 Å². The average Bonchev–Trinajstić information content (AvgIpc) is 2.06. The Kier molecular flexibility index (Phi) is 4.03. The molecule has 2 unspecified atom stereocenters. The molecule has 0 aromatic carbocycles. The van der Waals surface area contributed by atoms with E-state index in [1.165, 1.54) is 0 Å². The van der Waals surface area contributed by atoms with Gasteiger partial charge in [-0.25, -0.2) is 13.2 Å². The van der Waals surface area contributed by atoms with Gasteiger partial charge in [-0.3, -0.25) is 0 Å². The Morgan fingerprint density at radius 2 is 2.00 bits per heavy atom. The number of carbonyl (C=O) groups is 1. The number of nitrogens with one attached hydrogen (secondary N) is 1. The summed E-state index contributed by atoms with van der Waals surface area (Å²) < 4.78 is 27.5. The molecule has 2 atom stereocenters. The van der Waals surface area contributed by atoms with Crippen molar-refractivity contribution in [2.24, 2.45) is 0 Å². The van der Waals surface area contributed by atoms with Crippen molar-refractivity contribution in [3.63, 3.8) is 0 Å². The van der Waals surface area contributed by atoms with E-state index in [0.29, 0.717) is 0 Å². The number of alkyl carbamates (subject to hydrolysis) is 1. The summed E-state index contributed by atoms with van der Waals surface area (Å²) >= 11 is 0. The summed E-state index contributed by atoms with van der Waals surface area (Å²) in [5, 5.41) is 12.1. The van der Waals surface area contributed by atoms with E-state index < -0.39 is 33.7 Å². The number of aliphatic hydroxyl groups is 1. The minimum atomic E-state index is -3.18. The Balaban J connectivity index is 2.51. The molecule has 0 aromatic rings. The number of hydrogen-bond acceptors (Lipinski definition) is 5. The van der Waals surface area contributed by atoms with Gasteiger partial charge in [0.25, 0.3) is 0 Å². The average molecular weight is 265 g/mol. The number of ether oxygens (including phenoxy) is 1. The maximum absolute atomic E-state index is 11.4. The van der Waals surface area contributed by atoms with Crippen molar-refractivity contribution in [3.8, 4) is 0 Å². The van der Waals surface area contributed by atoms with Gasteiger partial charge in [0.1, 0.15) is 5.60 Å². The molecule has 0 radical (unpaired) electrons. The van der Waals surface area contributed by atoms with Gasteiger partial charge in [0, 0.05) is 0 Å². The highest BCUT2D eigenvalue weighted by atomic mass is 32.2. The lowest BCUT2D eigenvalue weighted by atomic mass is 10.1. The van der Waals surface area contributed by atoms with Gasteiger partial charge in [-0.1, -0.05) is 0 Å². The van der Waals surface area contributed by atoms with Crippen LogP contribution >= 0.6 is 0 Å². The predicted molar refractivity (Wildman–Crippen MR) is 62.4 cm³/mol. The molecule has 6 nitrogen and oxygen atoms in total. The van der Waals surface area contributed by atoms with Crippen LogP contribution in [0.5, 0.6) is 0 Å². The first-order valence-electron chi connectivity index (χ1n) is 5.47. The second-order valence-electron chi connectivity index (χ2n) is 5.22. The van der Waals surface area contributed by atoms with E-state index in [1.807, 2.05) is 0 Å². The number of hydrogen-bond donors (Lipinski definition) is 2. The van der Waals surface area contributed by atoms with Crippen LogP contribution in [0.15, 0.2) is 0 Å². The molecule has 17 heavy (non-hydrogen) atoms. The van der Waals surface area contributed by atoms with Crippen LogP contribution in [0.25, 0.3) is 0 Å². The molecule has 100 valence electrons. The third kappa shape index (κ3) is 4.91. The van der Waals surface area contributed by atoms with Crippen molar-refractivity contribution in [1.29, 1.82) is 0 Å². The van der Waals surface area contributed by atoms with Gasteiger partial charge in [-0.15, -0.1) is 0 Å². The lowest BCUT2D eigenvalue weighted by molar-refractivity contribution is 0.0432. The van der Waals surface area contributed by atoms with E-state index in [2.05, 4.69) is 5.32 Å². The minimum Gasteiger partial charge on any atom is -0.444 e. The lowest BCUT2D eigenvalue weighted by Gasteiger charge is -2.29. The molecule has 0 aromatic heterocycles. The normalized spacial score (nSPS) is 28.5. The summed E-state index contributed by atoms with van der Waals surface area (Å²) in [5.41, 5.74) is -0.615. The topological polar surface area (TPSA) is 92.7 Å². The fourth-order valence-electron chi connectivity index (χ4n) is 1.59. The molecule has 0 spiro atoms. The lowest BCUT2D eigenvalue weighted by Crippen LogP contribution is -2.51. The molecular formula is C10H19NO5S. The number of amides is 1. The van der Waals surface area contributed by atoms with Crippen LogP contribution in [0.3, 0.4) is 0 Å². The standard InChI is InChI=1S/C10H19NO5S/c1-10(2,3)16-9(13)11-7-4-5-17(14,15)6-8(7)12/h7-8,12H,4-6H2,1-3H3,(H,11,13). The van der Waals surface area contributed by atoms with Gasteiger partial charge in [-0.05, 0) is 27.2 Å². The SMILES string of the molecule is CC(C)(C)OC(=O)NC1CCS(=O)(=O)CC1O. The summed E-state index contributed by atoms with van der Waals surface area (Å²) in [7, 11) is -3.18. The van der Waals surface area contributed by atoms with Crippen LogP contribution in [0, 0.1) is 0 Å². The molecule has 0 bridgehead atoms. The Morgan fingerprint density at radius 1 is 1.41 bits per heavy atom. The molecule has 0 saturated carbocycles. The van der Waals surface area contributed by atoms with Crippen molar-refractivity contribution in [2.45, 2.75) is 44.9 Å². The molecule has 1 fully saturated rings. The molecule has 1 rings (SSSR count). The molecule has 0 aliphatic carbocycles. The first-order valence-corrected chi connectivity index (χ1v) is 7.29. The largest absolute Gasteiger partial charge is 0.444 e. The van der Waals surface area contributed by atoms with E-state index in [1.54, 1.807) is 20.8 Å². The fraction of sp³-hybridized carbons (Fsp3) is 0.900. The van der Waals surface area contributed by atoms with Crippen LogP contribution in [-0.4, -0.2) is 48.9 Å². The van der Waals surface area contributed by atoms with Crippen LogP contribution < -0.4 is 5.32 Å². The molecule has 1 saturated heterocycles. The van der Waals surface area contributed by atoms with Gasteiger partial charge >= 0.3 is 6.09 Å². The smallest absolute Gasteiger partial charge is 0.407 e. The van der Waals surface area contributed by atoms with Crippen LogP contribution in [0.1, 0.15) is 27.2 Å². The molecule has 1 amide bonds. The van der Waals surface area contributed by atoms with E-state index in [9.17, 15) is 18.3 Å². The summed E-state index contributed by atoms with van der Waals surface area (Å²) in [5.74, 6) is -0.335.